The number of anilines is 1. The van der Waals surface area contributed by atoms with Gasteiger partial charge in [-0.2, -0.15) is 5.26 Å². The van der Waals surface area contributed by atoms with Crippen LogP contribution in [-0.4, -0.2) is 60.9 Å². The van der Waals surface area contributed by atoms with Gasteiger partial charge in [0.25, 0.3) is 0 Å². The molecule has 7 nitrogen and oxygen atoms in total. The predicted molar refractivity (Wildman–Crippen MR) is 88.6 cm³/mol. The summed E-state index contributed by atoms with van der Waals surface area (Å²) in [5, 5.41) is 13.1. The Hall–Kier alpha value is -2.08. The normalized spacial score (nSPS) is 15.0. The second-order valence-electron chi connectivity index (χ2n) is 5.09. The third-order valence-electron chi connectivity index (χ3n) is 3.57. The van der Waals surface area contributed by atoms with Crippen LogP contribution in [0, 0.1) is 10.7 Å². The maximum atomic E-state index is 12.2. The summed E-state index contributed by atoms with van der Waals surface area (Å²) in [6, 6.07) is 6.78. The fraction of sp³-hybridized carbons (Fsp3) is 0.400. The maximum absolute atomic E-state index is 12.2. The van der Waals surface area contributed by atoms with Crippen LogP contribution in [0.15, 0.2) is 29.2 Å². The Balaban J connectivity index is 1.85. The number of hydrogen-bond acceptors (Lipinski definition) is 6. The molecule has 1 aromatic carbocycles. The Kier molecular flexibility index (Phi) is 6.40. The van der Waals surface area contributed by atoms with Crippen molar-refractivity contribution in [2.24, 2.45) is 5.73 Å². The summed E-state index contributed by atoms with van der Waals surface area (Å²) in [6.45, 7) is 3.93. The minimum Gasteiger partial charge on any atom is -0.332 e. The molecule has 0 saturated carbocycles. The molecule has 1 aliphatic rings. The van der Waals surface area contributed by atoms with E-state index in [-0.39, 0.29) is 0 Å². The Bertz CT molecular complexity index is 591. The highest BCUT2D eigenvalue weighted by atomic mass is 32.2. The lowest BCUT2D eigenvalue weighted by Crippen LogP contribution is -2.52. The van der Waals surface area contributed by atoms with E-state index in [0.717, 1.165) is 36.3 Å². The Morgan fingerprint density at radius 2 is 1.87 bits per heavy atom. The Morgan fingerprint density at radius 1 is 1.22 bits per heavy atom. The zero-order valence-corrected chi connectivity index (χ0v) is 13.5. The molecular formula is C15H19N5O2S. The number of rotatable bonds is 4. The molecular weight excluding hydrogens is 314 g/mol. The minimum atomic E-state index is -0.641. The van der Waals surface area contributed by atoms with E-state index >= 15 is 0 Å². The number of benzene rings is 1. The molecule has 0 aliphatic carbocycles. The SMILES string of the molecule is N#CSc1ccc(NC(=O)C(=O)N2CCN(CCN)CC2)cc1. The molecule has 3 N–H and O–H groups in total. The van der Waals surface area contributed by atoms with Crippen molar-refractivity contribution in [3.63, 3.8) is 0 Å². The molecule has 0 radical (unpaired) electrons. The summed E-state index contributed by atoms with van der Waals surface area (Å²) in [5.74, 6) is -1.16. The molecule has 0 bridgehead atoms. The standard InChI is InChI=1S/C15H19N5O2S/c16-5-6-19-7-9-20(10-8-19)15(22)14(21)18-12-1-3-13(4-2-12)23-11-17/h1-4H,5-10,16H2,(H,18,21). The van der Waals surface area contributed by atoms with Gasteiger partial charge < -0.3 is 16.0 Å². The number of carbonyl (C=O) groups is 2. The fourth-order valence-corrected chi connectivity index (χ4v) is 2.72. The summed E-state index contributed by atoms with van der Waals surface area (Å²) in [7, 11) is 0. The van der Waals surface area contributed by atoms with Crippen LogP contribution < -0.4 is 11.1 Å². The largest absolute Gasteiger partial charge is 0.332 e. The lowest BCUT2D eigenvalue weighted by molar-refractivity contribution is -0.144. The second-order valence-corrected chi connectivity index (χ2v) is 5.95. The van der Waals surface area contributed by atoms with Crippen molar-refractivity contribution >= 4 is 29.3 Å². The van der Waals surface area contributed by atoms with Crippen LogP contribution in [0.25, 0.3) is 0 Å². The van der Waals surface area contributed by atoms with Gasteiger partial charge in [-0.25, -0.2) is 0 Å². The average Bonchev–Trinajstić information content (AvgIpc) is 2.57. The van der Waals surface area contributed by atoms with E-state index in [1.54, 1.807) is 29.2 Å². The molecule has 2 rings (SSSR count). The maximum Gasteiger partial charge on any atom is 0.313 e. The number of piperazine rings is 1. The fourth-order valence-electron chi connectivity index (χ4n) is 2.34. The lowest BCUT2D eigenvalue weighted by Gasteiger charge is -2.34. The molecule has 0 spiro atoms. The van der Waals surface area contributed by atoms with Gasteiger partial charge in [0.1, 0.15) is 5.40 Å². The first-order chi connectivity index (χ1) is 11.1. The molecule has 1 heterocycles. The number of nitrogens with one attached hydrogen (secondary N) is 1. The van der Waals surface area contributed by atoms with Gasteiger partial charge in [0, 0.05) is 49.9 Å². The number of carbonyl (C=O) groups excluding carboxylic acids is 2. The highest BCUT2D eigenvalue weighted by Gasteiger charge is 2.25. The van der Waals surface area contributed by atoms with Crippen molar-refractivity contribution in [3.8, 4) is 5.40 Å². The van der Waals surface area contributed by atoms with Crippen molar-refractivity contribution in [1.29, 1.82) is 5.26 Å². The van der Waals surface area contributed by atoms with Gasteiger partial charge in [-0.3, -0.25) is 14.5 Å². The molecule has 1 saturated heterocycles. The van der Waals surface area contributed by atoms with E-state index in [4.69, 9.17) is 11.0 Å². The van der Waals surface area contributed by atoms with Crippen LogP contribution in [0.1, 0.15) is 0 Å². The molecule has 122 valence electrons. The highest BCUT2D eigenvalue weighted by Crippen LogP contribution is 2.19. The van der Waals surface area contributed by atoms with Crippen molar-refractivity contribution < 1.29 is 9.59 Å². The Morgan fingerprint density at radius 3 is 2.43 bits per heavy atom. The van der Waals surface area contributed by atoms with Crippen LogP contribution in [-0.2, 0) is 9.59 Å². The molecule has 0 unspecified atom stereocenters. The summed E-state index contributed by atoms with van der Waals surface area (Å²) in [4.78, 5) is 28.7. The predicted octanol–water partition coefficient (Wildman–Crippen LogP) is 0.301. The van der Waals surface area contributed by atoms with E-state index in [1.165, 1.54) is 0 Å². The molecule has 23 heavy (non-hydrogen) atoms. The van der Waals surface area contributed by atoms with Gasteiger partial charge in [-0.05, 0) is 36.0 Å². The molecule has 1 fully saturated rings. The van der Waals surface area contributed by atoms with Gasteiger partial charge in [0.2, 0.25) is 0 Å². The number of thiocyanates is 1. The van der Waals surface area contributed by atoms with Crippen molar-refractivity contribution in [2.75, 3.05) is 44.6 Å². The van der Waals surface area contributed by atoms with E-state index in [0.29, 0.717) is 25.3 Å². The van der Waals surface area contributed by atoms with Gasteiger partial charge in [-0.1, -0.05) is 0 Å². The third-order valence-corrected chi connectivity index (χ3v) is 4.17. The zero-order chi connectivity index (χ0) is 16.7. The summed E-state index contributed by atoms with van der Waals surface area (Å²) in [6.07, 6.45) is 0. The molecule has 0 atom stereocenters. The number of nitrogens with two attached hydrogens (primary N) is 1. The summed E-state index contributed by atoms with van der Waals surface area (Å²) in [5.41, 5.74) is 6.05. The van der Waals surface area contributed by atoms with Crippen molar-refractivity contribution in [3.05, 3.63) is 24.3 Å². The van der Waals surface area contributed by atoms with Gasteiger partial charge in [0.15, 0.2) is 0 Å². The third kappa shape index (κ3) is 4.96. The van der Waals surface area contributed by atoms with E-state index < -0.39 is 11.8 Å². The van der Waals surface area contributed by atoms with Crippen LogP contribution in [0.2, 0.25) is 0 Å². The van der Waals surface area contributed by atoms with Gasteiger partial charge in [-0.15, -0.1) is 0 Å². The first-order valence-electron chi connectivity index (χ1n) is 7.32. The van der Waals surface area contributed by atoms with Crippen LogP contribution in [0.4, 0.5) is 5.69 Å². The molecule has 0 aromatic heterocycles. The van der Waals surface area contributed by atoms with E-state index in [1.807, 2.05) is 5.40 Å². The molecule has 8 heteroatoms. The first kappa shape index (κ1) is 17.3. The molecule has 1 aromatic rings. The molecule has 2 amide bonds. The van der Waals surface area contributed by atoms with Crippen LogP contribution >= 0.6 is 11.8 Å². The smallest absolute Gasteiger partial charge is 0.313 e. The first-order valence-corrected chi connectivity index (χ1v) is 8.14. The number of nitriles is 1. The summed E-state index contributed by atoms with van der Waals surface area (Å²) < 4.78 is 0. The number of thioether (sulfide) groups is 1. The number of amides is 2. The number of hydrogen-bond donors (Lipinski definition) is 2. The average molecular weight is 333 g/mol. The zero-order valence-electron chi connectivity index (χ0n) is 12.7. The van der Waals surface area contributed by atoms with Gasteiger partial charge >= 0.3 is 11.8 Å². The topological polar surface area (TPSA) is 102 Å². The van der Waals surface area contributed by atoms with E-state index in [9.17, 15) is 9.59 Å². The van der Waals surface area contributed by atoms with Gasteiger partial charge in [0.05, 0.1) is 0 Å². The van der Waals surface area contributed by atoms with Crippen molar-refractivity contribution in [2.45, 2.75) is 4.90 Å². The highest BCUT2D eigenvalue weighted by molar-refractivity contribution is 8.03. The second kappa shape index (κ2) is 8.53. The lowest BCUT2D eigenvalue weighted by atomic mass is 10.3. The van der Waals surface area contributed by atoms with Crippen LogP contribution in [0.5, 0.6) is 0 Å². The van der Waals surface area contributed by atoms with Crippen LogP contribution in [0.3, 0.4) is 0 Å². The monoisotopic (exact) mass is 333 g/mol. The number of nitrogens with zero attached hydrogens (tertiary/aromatic N) is 3. The quantitative estimate of drug-likeness (QED) is 0.467. The van der Waals surface area contributed by atoms with E-state index in [2.05, 4.69) is 10.2 Å². The van der Waals surface area contributed by atoms with Crippen molar-refractivity contribution in [1.82, 2.24) is 9.80 Å². The molecule has 1 aliphatic heterocycles. The minimum absolute atomic E-state index is 0.520. The Labute approximate surface area is 139 Å². The summed E-state index contributed by atoms with van der Waals surface area (Å²) >= 11 is 1.04.